The minimum absolute atomic E-state index is 0.180. The van der Waals surface area contributed by atoms with Crippen molar-refractivity contribution in [2.24, 2.45) is 0 Å². The average molecular weight is 559 g/mol. The third-order valence-corrected chi connectivity index (χ3v) is 6.99. The Bertz CT molecular complexity index is 1670. The molecule has 41 heavy (non-hydrogen) atoms. The zero-order valence-electron chi connectivity index (χ0n) is 22.7. The molecule has 0 saturated carbocycles. The lowest BCUT2D eigenvalue weighted by Gasteiger charge is -2.17. The topological polar surface area (TPSA) is 119 Å². The van der Waals surface area contributed by atoms with Crippen LogP contribution in [0.2, 0.25) is 0 Å². The first-order valence-corrected chi connectivity index (χ1v) is 12.9. The molecule has 1 aromatic heterocycles. The molecule has 210 valence electrons. The molecule has 0 atom stereocenters. The number of hydrogen-bond acceptors (Lipinski definition) is 5. The number of anilines is 2. The van der Waals surface area contributed by atoms with E-state index in [1.54, 1.807) is 12.1 Å². The maximum Gasteiger partial charge on any atom is 0.252 e. The van der Waals surface area contributed by atoms with E-state index in [2.05, 4.69) is 25.9 Å². The Morgan fingerprint density at radius 1 is 1.02 bits per heavy atom. The minimum atomic E-state index is -0.623. The number of nitrogens with one attached hydrogen (secondary N) is 4. The molecule has 0 spiro atoms. The summed E-state index contributed by atoms with van der Waals surface area (Å²) in [5.74, 6) is -1.87. The Morgan fingerprint density at radius 3 is 2.44 bits per heavy atom. The molecule has 0 radical (unpaired) electrons. The van der Waals surface area contributed by atoms with Crippen molar-refractivity contribution >= 4 is 29.1 Å². The fraction of sp³-hybridized carbons (Fsp3) is 0.200. The molecule has 5 rings (SSSR count). The summed E-state index contributed by atoms with van der Waals surface area (Å²) in [6.07, 6.45) is -0.484. The summed E-state index contributed by atoms with van der Waals surface area (Å²) < 4.78 is 28.5. The number of fused-ring (bicyclic) bond motifs is 1. The summed E-state index contributed by atoms with van der Waals surface area (Å²) >= 11 is 0. The van der Waals surface area contributed by atoms with Gasteiger partial charge in [0.1, 0.15) is 23.9 Å². The van der Waals surface area contributed by atoms with Crippen LogP contribution in [0.5, 0.6) is 0 Å². The summed E-state index contributed by atoms with van der Waals surface area (Å²) in [5.41, 5.74) is 4.88. The molecule has 4 N–H and O–H groups in total. The fourth-order valence-electron chi connectivity index (χ4n) is 4.84. The number of nitrogens with zero attached hydrogens (tertiary/aromatic N) is 2. The van der Waals surface area contributed by atoms with Gasteiger partial charge in [0.05, 0.1) is 11.3 Å². The van der Waals surface area contributed by atoms with E-state index in [0.717, 1.165) is 11.4 Å². The van der Waals surface area contributed by atoms with Crippen LogP contribution in [0.15, 0.2) is 54.6 Å². The standard InChI is InChI=1S/C30H28F2N6O3/c1-16-25(15-33-2)37-29(35-16)22-11-10-20(23-14-34-30(41)28(22)23)21-9-6-18(12-24(21)32)36-26(39)13-27(40)38(3)19-7-4-17(31)5-8-19/h4-12,33H,13-15H2,1-3H3,(H,34,41)(H,35,37)(H,36,39). The number of H-pyrrole nitrogens is 1. The van der Waals surface area contributed by atoms with Gasteiger partial charge in [0.15, 0.2) is 0 Å². The number of carbonyl (C=O) groups is 3. The molecule has 0 unspecified atom stereocenters. The molecule has 11 heteroatoms. The number of amides is 3. The Labute approximate surface area is 235 Å². The van der Waals surface area contributed by atoms with E-state index in [0.29, 0.717) is 40.3 Å². The Morgan fingerprint density at radius 2 is 1.73 bits per heavy atom. The Balaban J connectivity index is 1.35. The van der Waals surface area contributed by atoms with Gasteiger partial charge in [-0.1, -0.05) is 6.07 Å². The molecule has 1 aliphatic heterocycles. The van der Waals surface area contributed by atoms with Crippen molar-refractivity contribution in [3.63, 3.8) is 0 Å². The first-order chi connectivity index (χ1) is 19.7. The molecule has 2 heterocycles. The highest BCUT2D eigenvalue weighted by atomic mass is 19.1. The Kier molecular flexibility index (Phi) is 7.62. The fourth-order valence-corrected chi connectivity index (χ4v) is 4.84. The largest absolute Gasteiger partial charge is 0.348 e. The van der Waals surface area contributed by atoms with Crippen molar-refractivity contribution in [2.45, 2.75) is 26.4 Å². The molecule has 0 bridgehead atoms. The van der Waals surface area contributed by atoms with Crippen molar-refractivity contribution in [3.8, 4) is 22.5 Å². The van der Waals surface area contributed by atoms with Crippen LogP contribution in [0.25, 0.3) is 22.5 Å². The summed E-state index contributed by atoms with van der Waals surface area (Å²) in [7, 11) is 3.31. The van der Waals surface area contributed by atoms with Gasteiger partial charge in [-0.25, -0.2) is 13.8 Å². The number of aryl methyl sites for hydroxylation is 1. The summed E-state index contributed by atoms with van der Waals surface area (Å²) in [4.78, 5) is 46.9. The molecule has 4 aromatic rings. The van der Waals surface area contributed by atoms with Crippen molar-refractivity contribution < 1.29 is 23.2 Å². The zero-order chi connectivity index (χ0) is 29.3. The van der Waals surface area contributed by atoms with Gasteiger partial charge in [-0.2, -0.15) is 0 Å². The molecular formula is C30H28F2N6O3. The van der Waals surface area contributed by atoms with Gasteiger partial charge in [0.2, 0.25) is 11.8 Å². The number of benzene rings is 3. The zero-order valence-corrected chi connectivity index (χ0v) is 22.7. The average Bonchev–Trinajstić information content (AvgIpc) is 3.51. The number of aromatic amines is 1. The number of imidazole rings is 1. The van der Waals surface area contributed by atoms with Crippen LogP contribution in [-0.4, -0.2) is 41.8 Å². The molecule has 0 saturated heterocycles. The van der Waals surface area contributed by atoms with E-state index < -0.39 is 29.9 Å². The molecular weight excluding hydrogens is 530 g/mol. The maximum atomic E-state index is 15.4. The second-order valence-corrected chi connectivity index (χ2v) is 9.73. The SMILES string of the molecule is CNCc1nc(-c2ccc(-c3ccc(NC(=O)CC(=O)N(C)c4ccc(F)cc4)cc3F)c3c2C(=O)NC3)[nH]c1C. The molecule has 0 aliphatic carbocycles. The first kappa shape index (κ1) is 27.7. The van der Waals surface area contributed by atoms with Crippen LogP contribution < -0.4 is 20.9 Å². The van der Waals surface area contributed by atoms with Crippen molar-refractivity contribution in [1.82, 2.24) is 20.6 Å². The van der Waals surface area contributed by atoms with Crippen LogP contribution in [0.4, 0.5) is 20.2 Å². The van der Waals surface area contributed by atoms with Crippen LogP contribution in [0.3, 0.4) is 0 Å². The summed E-state index contributed by atoms with van der Waals surface area (Å²) in [6.45, 7) is 2.72. The van der Waals surface area contributed by atoms with Gasteiger partial charge >= 0.3 is 0 Å². The van der Waals surface area contributed by atoms with E-state index in [4.69, 9.17) is 0 Å². The third-order valence-electron chi connectivity index (χ3n) is 6.99. The highest BCUT2D eigenvalue weighted by Gasteiger charge is 2.28. The van der Waals surface area contributed by atoms with Gasteiger partial charge in [0, 0.05) is 48.3 Å². The van der Waals surface area contributed by atoms with Gasteiger partial charge in [-0.15, -0.1) is 0 Å². The quantitative estimate of drug-likeness (QED) is 0.241. The number of rotatable bonds is 8. The monoisotopic (exact) mass is 558 g/mol. The van der Waals surface area contributed by atoms with E-state index in [9.17, 15) is 18.8 Å². The van der Waals surface area contributed by atoms with E-state index in [1.807, 2.05) is 14.0 Å². The summed E-state index contributed by atoms with van der Waals surface area (Å²) in [6, 6.07) is 13.0. The van der Waals surface area contributed by atoms with Crippen LogP contribution in [0.1, 0.15) is 33.7 Å². The second kappa shape index (κ2) is 11.3. The first-order valence-electron chi connectivity index (χ1n) is 12.9. The second-order valence-electron chi connectivity index (χ2n) is 9.73. The molecule has 9 nitrogen and oxygen atoms in total. The van der Waals surface area contributed by atoms with Gasteiger partial charge in [-0.3, -0.25) is 14.4 Å². The third kappa shape index (κ3) is 5.57. The van der Waals surface area contributed by atoms with Gasteiger partial charge in [0.25, 0.3) is 5.91 Å². The molecule has 1 aliphatic rings. The van der Waals surface area contributed by atoms with E-state index in [1.165, 1.54) is 54.4 Å². The summed E-state index contributed by atoms with van der Waals surface area (Å²) in [5, 5.41) is 8.44. The Hall–Kier alpha value is -4.90. The predicted octanol–water partition coefficient (Wildman–Crippen LogP) is 4.28. The lowest BCUT2D eigenvalue weighted by molar-refractivity contribution is -0.125. The van der Waals surface area contributed by atoms with Crippen molar-refractivity contribution in [3.05, 3.63) is 88.7 Å². The van der Waals surface area contributed by atoms with Crippen LogP contribution in [0, 0.1) is 18.6 Å². The normalized spacial score (nSPS) is 12.2. The van der Waals surface area contributed by atoms with Crippen LogP contribution in [-0.2, 0) is 22.7 Å². The van der Waals surface area contributed by atoms with Crippen molar-refractivity contribution in [2.75, 3.05) is 24.3 Å². The van der Waals surface area contributed by atoms with Gasteiger partial charge in [-0.05, 0) is 73.6 Å². The number of aromatic nitrogens is 2. The molecule has 3 aromatic carbocycles. The lowest BCUT2D eigenvalue weighted by atomic mass is 9.92. The van der Waals surface area contributed by atoms with Crippen LogP contribution >= 0.6 is 0 Å². The maximum absolute atomic E-state index is 15.4. The highest BCUT2D eigenvalue weighted by molar-refractivity contribution is 6.09. The minimum Gasteiger partial charge on any atom is -0.348 e. The molecule has 3 amide bonds. The highest BCUT2D eigenvalue weighted by Crippen LogP contribution is 2.37. The van der Waals surface area contributed by atoms with Crippen molar-refractivity contribution in [1.29, 1.82) is 0 Å². The smallest absolute Gasteiger partial charge is 0.252 e. The number of carbonyl (C=O) groups excluding carboxylic acids is 3. The number of halogens is 2. The predicted molar refractivity (Wildman–Crippen MR) is 151 cm³/mol. The lowest BCUT2D eigenvalue weighted by Crippen LogP contribution is -2.30. The van der Waals surface area contributed by atoms with E-state index >= 15 is 4.39 Å². The molecule has 0 fully saturated rings. The van der Waals surface area contributed by atoms with E-state index in [-0.39, 0.29) is 23.7 Å². The van der Waals surface area contributed by atoms with Gasteiger partial charge < -0.3 is 25.8 Å². The number of hydrogen-bond donors (Lipinski definition) is 4.